The Balaban J connectivity index is 1.26. The van der Waals surface area contributed by atoms with Crippen LogP contribution in [0.4, 0.5) is 22.8 Å². The summed E-state index contributed by atoms with van der Waals surface area (Å²) in [6.45, 7) is 3.58. The number of hydrogen-bond donors (Lipinski definition) is 3. The lowest BCUT2D eigenvalue weighted by Gasteiger charge is -2.30. The van der Waals surface area contributed by atoms with E-state index in [1.807, 2.05) is 28.2 Å². The molecule has 3 heterocycles. The number of halogens is 3. The molecule has 6 rings (SSSR count). The Labute approximate surface area is 298 Å². The molecule has 14 nitrogen and oxygen atoms in total. The summed E-state index contributed by atoms with van der Waals surface area (Å²) in [6.07, 6.45) is -4.64. The number of carbonyl (C=O) groups excluding carboxylic acids is 5. The monoisotopic (exact) mass is 753 g/mol. The highest BCUT2D eigenvalue weighted by Crippen LogP contribution is 2.45. The average Bonchev–Trinajstić information content (AvgIpc) is 3.96. The third-order valence-electron chi connectivity index (χ3n) is 10.3. The van der Waals surface area contributed by atoms with E-state index in [2.05, 4.69) is 11.9 Å². The van der Waals surface area contributed by atoms with E-state index in [9.17, 15) is 45.6 Å². The molecule has 5 atom stereocenters. The van der Waals surface area contributed by atoms with E-state index in [1.165, 1.54) is 11.0 Å². The maximum atomic E-state index is 14.0. The van der Waals surface area contributed by atoms with Crippen molar-refractivity contribution in [3.63, 3.8) is 0 Å². The summed E-state index contributed by atoms with van der Waals surface area (Å²) in [5, 5.41) is 3.79. The number of fused-ring (bicyclic) bond motifs is 3. The highest BCUT2D eigenvalue weighted by Gasteiger charge is 2.62. The number of aryl methyl sites for hydroxylation is 1. The summed E-state index contributed by atoms with van der Waals surface area (Å²) in [4.78, 5) is 69.5. The maximum absolute atomic E-state index is 14.0. The van der Waals surface area contributed by atoms with Gasteiger partial charge in [0.15, 0.2) is 0 Å². The van der Waals surface area contributed by atoms with E-state index in [0.717, 1.165) is 40.9 Å². The Kier molecular flexibility index (Phi) is 10.5. The molecule has 52 heavy (non-hydrogen) atoms. The van der Waals surface area contributed by atoms with Gasteiger partial charge in [0.1, 0.15) is 23.7 Å². The van der Waals surface area contributed by atoms with Gasteiger partial charge in [0.25, 0.3) is 5.91 Å². The number of benzene rings is 1. The number of amides is 5. The zero-order chi connectivity index (χ0) is 37.4. The Morgan fingerprint density at radius 3 is 2.50 bits per heavy atom. The van der Waals surface area contributed by atoms with Crippen molar-refractivity contribution in [2.24, 2.45) is 5.92 Å². The first-order chi connectivity index (χ1) is 24.6. The smallest absolute Gasteiger partial charge is 0.410 e. The molecule has 0 spiro atoms. The van der Waals surface area contributed by atoms with Gasteiger partial charge in [-0.3, -0.25) is 24.0 Å². The Bertz CT molecular complexity index is 1740. The summed E-state index contributed by atoms with van der Waals surface area (Å²) >= 11 is 0. The number of hydrogen-bond acceptors (Lipinski definition) is 9. The van der Waals surface area contributed by atoms with Crippen LogP contribution in [0.25, 0.3) is 0 Å². The molecular weight excluding hydrogens is 711 g/mol. The van der Waals surface area contributed by atoms with Gasteiger partial charge in [-0.05, 0) is 55.2 Å². The van der Waals surface area contributed by atoms with Crippen LogP contribution in [0.15, 0.2) is 30.9 Å². The Morgan fingerprint density at radius 1 is 1.08 bits per heavy atom. The van der Waals surface area contributed by atoms with E-state index in [0.29, 0.717) is 25.7 Å². The minimum absolute atomic E-state index is 0.0189. The summed E-state index contributed by atoms with van der Waals surface area (Å²) in [5.74, 6) is -3.96. The number of cyclic esters (lactones) is 1. The van der Waals surface area contributed by atoms with Crippen LogP contribution in [-0.2, 0) is 53.4 Å². The van der Waals surface area contributed by atoms with Crippen molar-refractivity contribution in [1.29, 1.82) is 0 Å². The zero-order valence-electron chi connectivity index (χ0n) is 28.4. The molecule has 0 radical (unpaired) electrons. The first-order valence-corrected chi connectivity index (χ1v) is 19.0. The topological polar surface area (TPSA) is 181 Å². The van der Waals surface area contributed by atoms with E-state index in [1.54, 1.807) is 0 Å². The zero-order valence-corrected chi connectivity index (χ0v) is 29.2. The van der Waals surface area contributed by atoms with Crippen molar-refractivity contribution < 1.29 is 55.0 Å². The van der Waals surface area contributed by atoms with Gasteiger partial charge >= 0.3 is 18.4 Å². The van der Waals surface area contributed by atoms with Gasteiger partial charge in [-0.25, -0.2) is 18.0 Å². The number of nitrogens with zero attached hydrogens (tertiary/aromatic N) is 2. The van der Waals surface area contributed by atoms with Crippen LogP contribution in [0.3, 0.4) is 0 Å². The highest BCUT2D eigenvalue weighted by atomic mass is 32.2. The molecule has 1 saturated heterocycles. The van der Waals surface area contributed by atoms with Crippen LogP contribution < -0.4 is 15.4 Å². The maximum Gasteiger partial charge on any atom is 0.410 e. The van der Waals surface area contributed by atoms with Gasteiger partial charge in [0.2, 0.25) is 21.8 Å². The summed E-state index contributed by atoms with van der Waals surface area (Å²) in [6, 6.07) is 2.07. The predicted octanol–water partition coefficient (Wildman–Crippen LogP) is 2.94. The van der Waals surface area contributed by atoms with Gasteiger partial charge < -0.3 is 25.0 Å². The molecule has 1 unspecified atom stereocenters. The molecule has 1 aromatic rings. The summed E-state index contributed by atoms with van der Waals surface area (Å²) in [5.41, 5.74) is 1.28. The van der Waals surface area contributed by atoms with Crippen LogP contribution in [-0.4, -0.2) is 96.4 Å². The molecule has 4 bridgehead atoms. The fourth-order valence-electron chi connectivity index (χ4n) is 7.22. The quantitative estimate of drug-likeness (QED) is 0.353. The second-order valence-electron chi connectivity index (χ2n) is 14.2. The van der Waals surface area contributed by atoms with Gasteiger partial charge in [-0.15, -0.1) is 6.58 Å². The van der Waals surface area contributed by atoms with Gasteiger partial charge in [0.05, 0.1) is 24.8 Å². The predicted molar refractivity (Wildman–Crippen MR) is 176 cm³/mol. The summed E-state index contributed by atoms with van der Waals surface area (Å²) < 4.78 is 79.3. The lowest BCUT2D eigenvalue weighted by Crippen LogP contribution is -2.58. The van der Waals surface area contributed by atoms with Crippen molar-refractivity contribution in [3.05, 3.63) is 47.5 Å². The molecule has 3 aliphatic heterocycles. The van der Waals surface area contributed by atoms with Crippen LogP contribution in [0, 0.1) is 5.92 Å². The molecule has 18 heteroatoms. The molecular formula is C34H42F3N5O9S. The number of rotatable bonds is 7. The van der Waals surface area contributed by atoms with Gasteiger partial charge in [0, 0.05) is 25.4 Å². The normalized spacial score (nSPS) is 28.6. The third kappa shape index (κ3) is 8.31. The second kappa shape index (κ2) is 14.6. The number of alkyl carbamates (subject to hydrolysis) is 1. The van der Waals surface area contributed by atoms with E-state index in [4.69, 9.17) is 9.47 Å². The molecule has 2 saturated carbocycles. The van der Waals surface area contributed by atoms with Crippen LogP contribution in [0.1, 0.15) is 74.5 Å². The molecule has 3 fully saturated rings. The third-order valence-corrected chi connectivity index (χ3v) is 12.1. The lowest BCUT2D eigenvalue weighted by molar-refractivity contribution is -0.155. The summed E-state index contributed by atoms with van der Waals surface area (Å²) in [7, 11) is -4.01. The Morgan fingerprint density at radius 2 is 1.81 bits per heavy atom. The minimum atomic E-state index is -4.92. The van der Waals surface area contributed by atoms with Crippen molar-refractivity contribution in [2.75, 3.05) is 13.2 Å². The number of nitrogens with one attached hydrogen (secondary N) is 3. The molecule has 0 aromatic heterocycles. The number of alkyl halides is 3. The SMILES string of the molecule is C=C[C@@H]1C[C@@]1(NC(=O)[C@@H]1C[C@@H]2CN1C(=O)C(CC(F)(F)F)NC(=O)OCCCCCCc1cccc3c1CN(C3)C(=O)O2)C(=O)NS(=O)(=O)C1CC1. The number of ether oxygens (including phenoxy) is 2. The molecule has 284 valence electrons. The minimum Gasteiger partial charge on any atom is -0.450 e. The number of sulfonamides is 1. The number of carbonyl (C=O) groups is 5. The molecule has 2 aliphatic carbocycles. The largest absolute Gasteiger partial charge is 0.450 e. The average molecular weight is 754 g/mol. The lowest BCUT2D eigenvalue weighted by atomic mass is 9.98. The molecule has 3 N–H and O–H groups in total. The van der Waals surface area contributed by atoms with Crippen molar-refractivity contribution >= 4 is 39.9 Å². The fraction of sp³-hybridized carbons (Fsp3) is 0.618. The van der Waals surface area contributed by atoms with Crippen molar-refractivity contribution in [3.8, 4) is 0 Å². The first-order valence-electron chi connectivity index (χ1n) is 17.5. The Hall–Kier alpha value is -4.35. The van der Waals surface area contributed by atoms with Crippen LogP contribution >= 0.6 is 0 Å². The van der Waals surface area contributed by atoms with Crippen LogP contribution in [0.2, 0.25) is 0 Å². The van der Waals surface area contributed by atoms with E-state index < -0.39 is 94.0 Å². The van der Waals surface area contributed by atoms with Crippen molar-refractivity contribution in [1.82, 2.24) is 25.2 Å². The standard InChI is InChI=1S/C34H42F3N5O9S/c1-2-22-15-33(22,30(45)40-52(48,49)24-11-12-24)39-28(43)27-14-23-18-42(27)29(44)26(16-34(35,36)37)38-31(46)50-13-6-4-3-5-8-20-9-7-10-21-17-41(19-25(20)21)32(47)51-23/h2,7,9-10,22-24,26-27H,1,3-6,8,11-19H2,(H,38,46)(H,39,43)(H,40,45)/t22-,23-,26?,27+,33+/m1/s1. The highest BCUT2D eigenvalue weighted by molar-refractivity contribution is 7.91. The van der Waals surface area contributed by atoms with Crippen molar-refractivity contribution in [2.45, 2.75) is 112 Å². The molecule has 5 aliphatic rings. The molecule has 5 amide bonds. The fourth-order valence-corrected chi connectivity index (χ4v) is 8.58. The first kappa shape index (κ1) is 37.4. The van der Waals surface area contributed by atoms with Gasteiger partial charge in [-0.2, -0.15) is 13.2 Å². The second-order valence-corrected chi connectivity index (χ2v) is 16.1. The van der Waals surface area contributed by atoms with Crippen LogP contribution in [0.5, 0.6) is 0 Å². The van der Waals surface area contributed by atoms with Gasteiger partial charge in [-0.1, -0.05) is 37.1 Å². The molecule has 1 aromatic carbocycles. The van der Waals surface area contributed by atoms with E-state index in [-0.39, 0.29) is 32.5 Å². The van der Waals surface area contributed by atoms with E-state index >= 15 is 0 Å².